The Balaban J connectivity index is 1.64. The predicted octanol–water partition coefficient (Wildman–Crippen LogP) is 3.28. The predicted molar refractivity (Wildman–Crippen MR) is 85.9 cm³/mol. The van der Waals surface area contributed by atoms with E-state index in [0.29, 0.717) is 32.2 Å². The Morgan fingerprint density at radius 1 is 1.09 bits per heavy atom. The van der Waals surface area contributed by atoms with Gasteiger partial charge >= 0.3 is 5.97 Å². The Hall–Kier alpha value is -1.55. The first-order valence-electron chi connectivity index (χ1n) is 7.81. The normalized spacial score (nSPS) is 21.3. The van der Waals surface area contributed by atoms with Crippen molar-refractivity contribution < 1.29 is 14.7 Å². The first-order valence-corrected chi connectivity index (χ1v) is 8.19. The van der Waals surface area contributed by atoms with Gasteiger partial charge in [-0.3, -0.25) is 9.59 Å². The summed E-state index contributed by atoms with van der Waals surface area (Å²) in [6.07, 6.45) is 4.37. The van der Waals surface area contributed by atoms with Crippen LogP contribution in [0.4, 0.5) is 0 Å². The molecule has 0 atom stereocenters. The fourth-order valence-corrected chi connectivity index (χ4v) is 3.03. The van der Waals surface area contributed by atoms with E-state index in [1.54, 1.807) is 0 Å². The molecule has 0 saturated heterocycles. The molecular formula is C17H22ClNO3. The van der Waals surface area contributed by atoms with Crippen molar-refractivity contribution in [3.8, 4) is 0 Å². The Labute approximate surface area is 135 Å². The number of carbonyl (C=O) groups excluding carboxylic acids is 1. The summed E-state index contributed by atoms with van der Waals surface area (Å²) in [5, 5.41) is 12.6. The second kappa shape index (κ2) is 8.18. The van der Waals surface area contributed by atoms with Crippen LogP contribution < -0.4 is 5.32 Å². The first kappa shape index (κ1) is 16.8. The minimum absolute atomic E-state index is 0.0221. The molecule has 0 heterocycles. The highest BCUT2D eigenvalue weighted by Gasteiger charge is 2.29. The molecule has 0 aromatic heterocycles. The van der Waals surface area contributed by atoms with Crippen molar-refractivity contribution in [1.29, 1.82) is 0 Å². The van der Waals surface area contributed by atoms with Gasteiger partial charge in [0.2, 0.25) is 5.91 Å². The molecule has 1 fully saturated rings. The van der Waals surface area contributed by atoms with E-state index in [2.05, 4.69) is 5.32 Å². The number of hydrogen-bond donors (Lipinski definition) is 2. The van der Waals surface area contributed by atoms with Crippen molar-refractivity contribution in [3.63, 3.8) is 0 Å². The average Bonchev–Trinajstić information content (AvgIpc) is 2.53. The van der Waals surface area contributed by atoms with Crippen LogP contribution in [-0.4, -0.2) is 23.5 Å². The highest BCUT2D eigenvalue weighted by Crippen LogP contribution is 2.28. The molecule has 2 N–H and O–H groups in total. The zero-order chi connectivity index (χ0) is 15.9. The van der Waals surface area contributed by atoms with E-state index in [0.717, 1.165) is 17.9 Å². The SMILES string of the molecule is O=C(O)C1CCC(C(=O)NCCCc2ccc(Cl)cc2)CC1. The van der Waals surface area contributed by atoms with Gasteiger partial charge in [0.15, 0.2) is 0 Å². The van der Waals surface area contributed by atoms with Gasteiger partial charge in [-0.05, 0) is 56.2 Å². The number of hydrogen-bond acceptors (Lipinski definition) is 2. The van der Waals surface area contributed by atoms with Gasteiger partial charge in [-0.15, -0.1) is 0 Å². The molecule has 5 heteroatoms. The molecule has 0 unspecified atom stereocenters. The molecule has 1 saturated carbocycles. The number of halogens is 1. The topological polar surface area (TPSA) is 66.4 Å². The number of rotatable bonds is 6. The lowest BCUT2D eigenvalue weighted by molar-refractivity contribution is -0.144. The van der Waals surface area contributed by atoms with Gasteiger partial charge in [-0.2, -0.15) is 0 Å². The van der Waals surface area contributed by atoms with Gasteiger partial charge in [-0.25, -0.2) is 0 Å². The number of amides is 1. The zero-order valence-electron chi connectivity index (χ0n) is 12.6. The van der Waals surface area contributed by atoms with Crippen molar-refractivity contribution in [2.24, 2.45) is 11.8 Å². The summed E-state index contributed by atoms with van der Waals surface area (Å²) in [7, 11) is 0. The number of aliphatic carboxylic acids is 1. The van der Waals surface area contributed by atoms with Gasteiger partial charge in [-0.1, -0.05) is 23.7 Å². The van der Waals surface area contributed by atoms with E-state index in [9.17, 15) is 9.59 Å². The van der Waals surface area contributed by atoms with Crippen LogP contribution in [0.25, 0.3) is 0 Å². The van der Waals surface area contributed by atoms with E-state index >= 15 is 0 Å². The maximum absolute atomic E-state index is 12.1. The Morgan fingerprint density at radius 3 is 2.27 bits per heavy atom. The second-order valence-electron chi connectivity index (χ2n) is 5.91. The van der Waals surface area contributed by atoms with Gasteiger partial charge < -0.3 is 10.4 Å². The number of carboxylic acids is 1. The van der Waals surface area contributed by atoms with Crippen molar-refractivity contribution >= 4 is 23.5 Å². The van der Waals surface area contributed by atoms with Crippen LogP contribution in [0.15, 0.2) is 24.3 Å². The molecule has 2 rings (SSSR count). The Kier molecular flexibility index (Phi) is 6.25. The summed E-state index contributed by atoms with van der Waals surface area (Å²) in [6, 6.07) is 7.74. The molecule has 0 spiro atoms. The van der Waals surface area contributed by atoms with E-state index in [-0.39, 0.29) is 17.7 Å². The third-order valence-electron chi connectivity index (χ3n) is 4.30. The maximum Gasteiger partial charge on any atom is 0.306 e. The van der Waals surface area contributed by atoms with Gasteiger partial charge in [0.05, 0.1) is 5.92 Å². The minimum Gasteiger partial charge on any atom is -0.481 e. The van der Waals surface area contributed by atoms with Crippen molar-refractivity contribution in [1.82, 2.24) is 5.32 Å². The summed E-state index contributed by atoms with van der Waals surface area (Å²) >= 11 is 5.84. The smallest absolute Gasteiger partial charge is 0.306 e. The molecule has 1 aromatic carbocycles. The lowest BCUT2D eigenvalue weighted by Gasteiger charge is -2.25. The summed E-state index contributed by atoms with van der Waals surface area (Å²) in [4.78, 5) is 22.9. The quantitative estimate of drug-likeness (QED) is 0.789. The van der Waals surface area contributed by atoms with Crippen molar-refractivity contribution in [3.05, 3.63) is 34.9 Å². The molecule has 4 nitrogen and oxygen atoms in total. The third-order valence-corrected chi connectivity index (χ3v) is 4.55. The first-order chi connectivity index (χ1) is 10.6. The van der Waals surface area contributed by atoms with Gasteiger partial charge in [0, 0.05) is 17.5 Å². The molecule has 120 valence electrons. The maximum atomic E-state index is 12.1. The van der Waals surface area contributed by atoms with Gasteiger partial charge in [0.1, 0.15) is 0 Å². The zero-order valence-corrected chi connectivity index (χ0v) is 13.3. The molecule has 1 aliphatic carbocycles. The molecule has 0 radical (unpaired) electrons. The van der Waals surface area contributed by atoms with Crippen LogP contribution in [0.3, 0.4) is 0 Å². The molecule has 22 heavy (non-hydrogen) atoms. The Bertz CT molecular complexity index is 507. The highest BCUT2D eigenvalue weighted by molar-refractivity contribution is 6.30. The monoisotopic (exact) mass is 323 g/mol. The highest BCUT2D eigenvalue weighted by atomic mass is 35.5. The number of carboxylic acid groups (broad SMARTS) is 1. The molecular weight excluding hydrogens is 302 g/mol. The lowest BCUT2D eigenvalue weighted by atomic mass is 9.81. The number of benzene rings is 1. The van der Waals surface area contributed by atoms with Crippen molar-refractivity contribution in [2.45, 2.75) is 38.5 Å². The molecule has 1 aliphatic rings. The van der Waals surface area contributed by atoms with E-state index in [1.165, 1.54) is 5.56 Å². The minimum atomic E-state index is -0.734. The van der Waals surface area contributed by atoms with Gasteiger partial charge in [0.25, 0.3) is 0 Å². The molecule has 1 amide bonds. The third kappa shape index (κ3) is 5.02. The molecule has 1 aromatic rings. The van der Waals surface area contributed by atoms with Crippen LogP contribution in [0, 0.1) is 11.8 Å². The summed E-state index contributed by atoms with van der Waals surface area (Å²) in [5.41, 5.74) is 1.21. The summed E-state index contributed by atoms with van der Waals surface area (Å²) in [6.45, 7) is 0.653. The molecule has 0 aliphatic heterocycles. The van der Waals surface area contributed by atoms with Crippen LogP contribution in [-0.2, 0) is 16.0 Å². The second-order valence-corrected chi connectivity index (χ2v) is 6.34. The largest absolute Gasteiger partial charge is 0.481 e. The van der Waals surface area contributed by atoms with Crippen molar-refractivity contribution in [2.75, 3.05) is 6.54 Å². The van der Waals surface area contributed by atoms with Crippen LogP contribution in [0.5, 0.6) is 0 Å². The van der Waals surface area contributed by atoms with Crippen LogP contribution >= 0.6 is 11.6 Å². The fraction of sp³-hybridized carbons (Fsp3) is 0.529. The fourth-order valence-electron chi connectivity index (χ4n) is 2.90. The molecule has 0 bridgehead atoms. The number of nitrogens with one attached hydrogen (secondary N) is 1. The number of aryl methyl sites for hydroxylation is 1. The summed E-state index contributed by atoms with van der Waals surface area (Å²) in [5.74, 6) is -0.957. The number of carbonyl (C=O) groups is 2. The average molecular weight is 324 g/mol. The van der Waals surface area contributed by atoms with Crippen LogP contribution in [0.1, 0.15) is 37.7 Å². The van der Waals surface area contributed by atoms with Crippen LogP contribution in [0.2, 0.25) is 5.02 Å². The standard InChI is InChI=1S/C17H22ClNO3/c18-15-9-3-12(4-10-15)2-1-11-19-16(20)13-5-7-14(8-6-13)17(21)22/h3-4,9-10,13-14H,1-2,5-8,11H2,(H,19,20)(H,21,22). The van der Waals surface area contributed by atoms with E-state index in [1.807, 2.05) is 24.3 Å². The lowest BCUT2D eigenvalue weighted by Crippen LogP contribution is -2.35. The van der Waals surface area contributed by atoms with E-state index in [4.69, 9.17) is 16.7 Å². The van der Waals surface area contributed by atoms with E-state index < -0.39 is 5.97 Å². The Morgan fingerprint density at radius 2 is 1.68 bits per heavy atom. The summed E-state index contributed by atoms with van der Waals surface area (Å²) < 4.78 is 0.